The van der Waals surface area contributed by atoms with Crippen LogP contribution in [0.4, 0.5) is 53.5 Å². The lowest BCUT2D eigenvalue weighted by molar-refractivity contribution is 0.0989. The lowest BCUT2D eigenvalue weighted by atomic mass is 9.95. The van der Waals surface area contributed by atoms with E-state index in [2.05, 4.69) is 76.5 Å². The molecule has 135 heavy (non-hydrogen) atoms. The number of amides is 4. The molecule has 0 saturated heterocycles. The first-order valence-corrected chi connectivity index (χ1v) is 44.7. The second kappa shape index (κ2) is 41.5. The van der Waals surface area contributed by atoms with Crippen LogP contribution in [0.5, 0.6) is 17.2 Å². The van der Waals surface area contributed by atoms with E-state index in [0.717, 1.165) is 154 Å². The molecule has 4 fully saturated rings. The Hall–Kier alpha value is -15.5. The Morgan fingerprint density at radius 3 is 1.02 bits per heavy atom. The number of benzene rings is 8. The zero-order valence-electron chi connectivity index (χ0n) is 74.2. The molecule has 0 bridgehead atoms. The number of carbonyl (C=O) groups is 4. The number of nitrogens with one attached hydrogen (secondary N) is 4. The number of ether oxygens (including phenoxy) is 3. The van der Waals surface area contributed by atoms with Crippen molar-refractivity contribution < 1.29 is 81.8 Å². The Morgan fingerprint density at radius 1 is 0.311 bits per heavy atom. The summed E-state index contributed by atoms with van der Waals surface area (Å²) in [6, 6.07) is 59.2. The molecule has 8 heterocycles. The van der Waals surface area contributed by atoms with Gasteiger partial charge < -0.3 is 71.4 Å². The van der Waals surface area contributed by atoms with Crippen LogP contribution in [0.1, 0.15) is 181 Å². The fraction of sp³-hybridized carbons (Fsp3) is 0.238. The highest BCUT2D eigenvalue weighted by atomic mass is 19.2. The van der Waals surface area contributed by atoms with E-state index in [1.807, 2.05) is 46.1 Å². The van der Waals surface area contributed by atoms with Crippen LogP contribution in [0.2, 0.25) is 0 Å². The van der Waals surface area contributed by atoms with Gasteiger partial charge in [0.15, 0.2) is 46.1 Å². The van der Waals surface area contributed by atoms with Crippen molar-refractivity contribution in [1.29, 1.82) is 0 Å². The first-order chi connectivity index (χ1) is 65.7. The van der Waals surface area contributed by atoms with Gasteiger partial charge in [0.2, 0.25) is 0 Å². The number of anilines is 4. The first kappa shape index (κ1) is 91.4. The molecule has 30 heteroatoms. The van der Waals surface area contributed by atoms with Crippen LogP contribution >= 0.6 is 0 Å². The Morgan fingerprint density at radius 2 is 0.644 bits per heavy atom. The standard InChI is InChI=1S/C28H29N3O3.C27H26FN3O4.2C25H20F3N3O2/c1-19-11-13-20(14-12-19)26-27(31(18-29-26)22-8-4-3-5-9-22)24-15-16-25(34-24)28(32)30-21-7-6-10-23(17-21)33-2;1-33-20-11-12-22(34-2)21(15-20)30-27(32)24-14-13-23(35-24)26-25(17-7-9-18(28)10-8-17)29-16-31(26)19-5-3-4-6-19;26-16-7-5-15(6-8-16)23-24(31(14-29-23)18-3-1-2-4-18)21-11-12-22(33-21)25(32)30-20-10-9-17(27)13-19(20)28;26-16-7-5-15(6-8-16)23-24(31(14-29-23)18-3-1-2-4-18)21-11-12-22(33-21)25(32)30-20-13-17(27)9-10-19(20)28/h6-7,10-18,22H,3-5,8-9H2,1-2H3,(H,30,32);7-16,19H,3-6H2,1-2H3,(H,30,32);2*5-14,18H,1-4H2,(H,30,32). The summed E-state index contributed by atoms with van der Waals surface area (Å²) < 4.78 is 143. The van der Waals surface area contributed by atoms with Crippen LogP contribution < -0.4 is 35.5 Å². The monoisotopic (exact) mass is 1830 g/mol. The Labute approximate surface area is 772 Å². The fourth-order valence-corrected chi connectivity index (χ4v) is 17.7. The number of hydrogen-bond acceptors (Lipinski definition) is 15. The van der Waals surface area contributed by atoms with E-state index < -0.39 is 41.0 Å². The third kappa shape index (κ3) is 21.0. The number of furan rings is 4. The van der Waals surface area contributed by atoms with Crippen molar-refractivity contribution in [2.75, 3.05) is 42.6 Å². The molecule has 4 saturated carbocycles. The molecule has 8 aromatic heterocycles. The summed E-state index contributed by atoms with van der Waals surface area (Å²) >= 11 is 0. The van der Waals surface area contributed by atoms with Crippen LogP contribution in [-0.4, -0.2) is 83.2 Å². The van der Waals surface area contributed by atoms with Crippen molar-refractivity contribution >= 4 is 46.4 Å². The van der Waals surface area contributed by atoms with Gasteiger partial charge in [0, 0.05) is 76.4 Å². The molecule has 0 radical (unpaired) electrons. The first-order valence-electron chi connectivity index (χ1n) is 44.7. The molecule has 23 nitrogen and oxygen atoms in total. The number of methoxy groups -OCH3 is 3. The van der Waals surface area contributed by atoms with Crippen LogP contribution in [-0.2, 0) is 0 Å². The Bertz CT molecular complexity index is 6860. The highest BCUT2D eigenvalue weighted by Crippen LogP contribution is 2.46. The van der Waals surface area contributed by atoms with Crippen LogP contribution in [0, 0.1) is 47.6 Å². The molecule has 0 atom stereocenters. The number of aryl methyl sites for hydroxylation is 1. The van der Waals surface area contributed by atoms with E-state index in [1.54, 1.807) is 118 Å². The van der Waals surface area contributed by atoms with Crippen molar-refractivity contribution in [2.45, 2.75) is 140 Å². The number of imidazole rings is 4. The van der Waals surface area contributed by atoms with Crippen molar-refractivity contribution in [2.24, 2.45) is 0 Å². The zero-order chi connectivity index (χ0) is 93.8. The molecule has 16 aromatic rings. The van der Waals surface area contributed by atoms with Gasteiger partial charge in [-0.3, -0.25) is 19.2 Å². The van der Waals surface area contributed by atoms with Gasteiger partial charge >= 0.3 is 0 Å². The van der Waals surface area contributed by atoms with Crippen LogP contribution in [0.15, 0.2) is 267 Å². The number of nitrogens with zero attached hydrogens (tertiary/aromatic N) is 8. The average Bonchev–Trinajstić information content (AvgIpc) is 1.64. The molecular weight excluding hydrogens is 1740 g/mol. The van der Waals surface area contributed by atoms with E-state index in [-0.39, 0.29) is 69.9 Å². The van der Waals surface area contributed by atoms with E-state index in [9.17, 15) is 49.9 Å². The molecular formula is C105H95F7N12O11. The summed E-state index contributed by atoms with van der Waals surface area (Å²) in [5.74, 6) is -2.06. The van der Waals surface area contributed by atoms with Gasteiger partial charge in [-0.2, -0.15) is 0 Å². The minimum absolute atomic E-state index is 0.0297. The summed E-state index contributed by atoms with van der Waals surface area (Å²) in [5.41, 5.74) is 11.0. The SMILES string of the molecule is COc1ccc(OC)c(NC(=O)c2ccc(-c3c(-c4ccc(F)cc4)ncn3C3CCCC3)o2)c1.COc1cccc(NC(=O)c2ccc(-c3c(-c4ccc(C)cc4)ncn3C3CCCCC3)o2)c1.O=C(Nc1cc(F)ccc1F)c1ccc(-c2c(-c3ccc(F)cc3)ncn2C2CCCC2)o1.O=C(Nc1ccc(F)cc1F)c1ccc(-c2c(-c3ccc(F)cc3)ncn2C2CCCC2)o1. The maximum atomic E-state index is 13.9. The highest BCUT2D eigenvalue weighted by molar-refractivity contribution is 6.05. The number of aromatic nitrogens is 8. The number of halogens is 7. The Balaban J connectivity index is 0.000000125. The number of carbonyl (C=O) groups excluding carboxylic acids is 4. The molecule has 0 spiro atoms. The van der Waals surface area contributed by atoms with Gasteiger partial charge in [-0.15, -0.1) is 0 Å². The molecule has 8 aromatic carbocycles. The van der Waals surface area contributed by atoms with E-state index in [1.165, 1.54) is 80.5 Å². The third-order valence-electron chi connectivity index (χ3n) is 24.6. The number of rotatable bonds is 23. The molecule has 4 N–H and O–H groups in total. The van der Waals surface area contributed by atoms with Gasteiger partial charge in [0.25, 0.3) is 23.6 Å². The largest absolute Gasteiger partial charge is 0.497 e. The predicted molar refractivity (Wildman–Crippen MR) is 498 cm³/mol. The van der Waals surface area contributed by atoms with Crippen molar-refractivity contribution in [3.63, 3.8) is 0 Å². The fourth-order valence-electron chi connectivity index (χ4n) is 17.7. The maximum absolute atomic E-state index is 13.9. The summed E-state index contributed by atoms with van der Waals surface area (Å²) in [5, 5.41) is 10.5. The van der Waals surface area contributed by atoms with Crippen LogP contribution in [0.3, 0.4) is 0 Å². The van der Waals surface area contributed by atoms with E-state index >= 15 is 0 Å². The summed E-state index contributed by atoms with van der Waals surface area (Å²) in [6.45, 7) is 2.07. The average molecular weight is 1830 g/mol. The van der Waals surface area contributed by atoms with Crippen molar-refractivity contribution in [3.05, 3.63) is 319 Å². The quantitative estimate of drug-likeness (QED) is 0.0434. The van der Waals surface area contributed by atoms with Gasteiger partial charge in [0.05, 0.1) is 86.5 Å². The minimum Gasteiger partial charge on any atom is -0.497 e. The zero-order valence-corrected chi connectivity index (χ0v) is 74.2. The summed E-state index contributed by atoms with van der Waals surface area (Å²) in [7, 11) is 4.68. The highest BCUT2D eigenvalue weighted by Gasteiger charge is 2.33. The molecule has 20 rings (SSSR count). The van der Waals surface area contributed by atoms with Crippen LogP contribution in [0.25, 0.3) is 90.8 Å². The van der Waals surface area contributed by atoms with Crippen molar-refractivity contribution in [3.8, 4) is 108 Å². The third-order valence-corrected chi connectivity index (χ3v) is 24.6. The second-order valence-corrected chi connectivity index (χ2v) is 33.4. The number of hydrogen-bond donors (Lipinski definition) is 4. The molecule has 4 amide bonds. The lowest BCUT2D eigenvalue weighted by Gasteiger charge is -2.24. The van der Waals surface area contributed by atoms with Gasteiger partial charge in [0.1, 0.15) is 80.7 Å². The smallest absolute Gasteiger partial charge is 0.291 e. The van der Waals surface area contributed by atoms with E-state index in [0.29, 0.717) is 104 Å². The maximum Gasteiger partial charge on any atom is 0.291 e. The van der Waals surface area contributed by atoms with Gasteiger partial charge in [-0.1, -0.05) is 93.7 Å². The van der Waals surface area contributed by atoms with Gasteiger partial charge in [-0.05, 0) is 228 Å². The normalized spacial score (nSPS) is 14.0. The summed E-state index contributed by atoms with van der Waals surface area (Å²) in [6.07, 6.45) is 26.1. The molecule has 690 valence electrons. The molecule has 0 unspecified atom stereocenters. The minimum atomic E-state index is -0.881. The predicted octanol–water partition coefficient (Wildman–Crippen LogP) is 26.4. The second-order valence-electron chi connectivity index (χ2n) is 33.4. The Kier molecular flexibility index (Phi) is 28.1. The van der Waals surface area contributed by atoms with Crippen molar-refractivity contribution in [1.82, 2.24) is 38.2 Å². The lowest BCUT2D eigenvalue weighted by Crippen LogP contribution is -2.13. The topological polar surface area (TPSA) is 268 Å². The molecule has 4 aliphatic carbocycles. The summed E-state index contributed by atoms with van der Waals surface area (Å²) in [4.78, 5) is 69.8. The van der Waals surface area contributed by atoms with Gasteiger partial charge in [-0.25, -0.2) is 50.7 Å². The van der Waals surface area contributed by atoms with E-state index in [4.69, 9.17) is 36.9 Å². The molecule has 4 aliphatic rings. The molecule has 0 aliphatic heterocycles.